The molecule has 0 bridgehead atoms. The first kappa shape index (κ1) is 22.2. The maximum atomic E-state index is 10.3. The fraction of sp³-hybridized carbons (Fsp3) is 0.308. The molecule has 8 heteroatoms. The number of hydrogen-bond acceptors (Lipinski definition) is 6. The van der Waals surface area contributed by atoms with E-state index < -0.39 is 5.60 Å². The maximum absolute atomic E-state index is 10.3. The van der Waals surface area contributed by atoms with Gasteiger partial charge in [-0.1, -0.05) is 23.9 Å². The molecule has 1 N–H and O–H groups in total. The molecule has 0 saturated heterocycles. The second-order valence-electron chi connectivity index (χ2n) is 9.08. The Morgan fingerprint density at radius 2 is 1.79 bits per heavy atom. The van der Waals surface area contributed by atoms with Crippen LogP contribution in [0.3, 0.4) is 0 Å². The molecular weight excluding hydrogens is 444 g/mol. The zero-order valence-corrected chi connectivity index (χ0v) is 19.9. The number of pyridine rings is 1. The van der Waals surface area contributed by atoms with Gasteiger partial charge in [-0.3, -0.25) is 4.68 Å². The topological polar surface area (TPSA) is 103 Å². The third-order valence-electron chi connectivity index (χ3n) is 6.66. The predicted octanol–water partition coefficient (Wildman–Crippen LogP) is 5.27. The van der Waals surface area contributed by atoms with Crippen molar-refractivity contribution in [2.45, 2.75) is 61.0 Å². The lowest BCUT2D eigenvalue weighted by molar-refractivity contribution is 0.00826. The van der Waals surface area contributed by atoms with Crippen LogP contribution in [0.5, 0.6) is 0 Å². The van der Waals surface area contributed by atoms with Gasteiger partial charge < -0.3 is 5.11 Å². The van der Waals surface area contributed by atoms with E-state index in [9.17, 15) is 15.6 Å². The molecule has 0 atom stereocenters. The van der Waals surface area contributed by atoms with E-state index in [1.54, 1.807) is 16.8 Å². The Kier molecular flexibility index (Phi) is 5.65. The van der Waals surface area contributed by atoms with Crippen molar-refractivity contribution in [3.8, 4) is 23.3 Å². The summed E-state index contributed by atoms with van der Waals surface area (Å²) >= 11 is 1.46. The molecule has 3 aromatic heterocycles. The van der Waals surface area contributed by atoms with Crippen molar-refractivity contribution in [2.24, 2.45) is 0 Å². The van der Waals surface area contributed by atoms with Gasteiger partial charge >= 0.3 is 0 Å². The minimum Gasteiger partial charge on any atom is -0.390 e. The molecule has 0 aliphatic heterocycles. The summed E-state index contributed by atoms with van der Waals surface area (Å²) in [7, 11) is 0. The number of nitriles is 2. The van der Waals surface area contributed by atoms with Crippen molar-refractivity contribution >= 4 is 17.3 Å². The van der Waals surface area contributed by atoms with Crippen LogP contribution in [0.1, 0.15) is 55.5 Å². The van der Waals surface area contributed by atoms with Crippen LogP contribution < -0.4 is 0 Å². The number of rotatable bonds is 4. The van der Waals surface area contributed by atoms with Crippen molar-refractivity contribution in [3.63, 3.8) is 0 Å². The SMILES string of the molecule is Cc1c(-c2cc(Sc3ccccc3C#N)c3c(C#N)cnn3c2)cnn1C1CCC(C)(O)CC1. The smallest absolute Gasteiger partial charge is 0.103 e. The summed E-state index contributed by atoms with van der Waals surface area (Å²) in [4.78, 5) is 1.69. The van der Waals surface area contributed by atoms with Gasteiger partial charge in [0, 0.05) is 32.8 Å². The van der Waals surface area contributed by atoms with E-state index in [1.807, 2.05) is 37.5 Å². The van der Waals surface area contributed by atoms with Crippen LogP contribution >= 0.6 is 11.8 Å². The first-order valence-electron chi connectivity index (χ1n) is 11.3. The summed E-state index contributed by atoms with van der Waals surface area (Å²) in [5.41, 5.74) is 4.23. The molecule has 1 aliphatic rings. The molecular formula is C26H24N6OS. The Morgan fingerprint density at radius 3 is 2.53 bits per heavy atom. The van der Waals surface area contributed by atoms with Crippen LogP contribution in [0.25, 0.3) is 16.6 Å². The second kappa shape index (κ2) is 8.64. The third kappa shape index (κ3) is 3.96. The number of nitrogens with zero attached hydrogens (tertiary/aromatic N) is 6. The number of aromatic nitrogens is 4. The van der Waals surface area contributed by atoms with Gasteiger partial charge in [-0.2, -0.15) is 20.7 Å². The van der Waals surface area contributed by atoms with Crippen molar-refractivity contribution in [2.75, 3.05) is 0 Å². The van der Waals surface area contributed by atoms with E-state index in [0.717, 1.165) is 57.8 Å². The summed E-state index contributed by atoms with van der Waals surface area (Å²) in [5.74, 6) is 0. The first-order chi connectivity index (χ1) is 16.4. The molecule has 170 valence electrons. The van der Waals surface area contributed by atoms with Gasteiger partial charge in [-0.15, -0.1) is 0 Å². The molecule has 5 rings (SSSR count). The van der Waals surface area contributed by atoms with Crippen molar-refractivity contribution in [1.82, 2.24) is 19.4 Å². The second-order valence-corrected chi connectivity index (χ2v) is 10.2. The van der Waals surface area contributed by atoms with Crippen LogP contribution in [0.4, 0.5) is 0 Å². The van der Waals surface area contributed by atoms with Crippen LogP contribution in [0.15, 0.2) is 58.7 Å². The summed E-state index contributed by atoms with van der Waals surface area (Å²) in [6, 6.07) is 14.3. The lowest BCUT2D eigenvalue weighted by Crippen LogP contribution is -2.31. The Hall–Kier alpha value is -3.59. The molecule has 3 heterocycles. The molecule has 0 amide bonds. The fourth-order valence-corrected chi connectivity index (χ4v) is 5.79. The third-order valence-corrected chi connectivity index (χ3v) is 7.77. The van der Waals surface area contributed by atoms with Crippen molar-refractivity contribution in [1.29, 1.82) is 10.5 Å². The molecule has 1 aliphatic carbocycles. The molecule has 0 unspecified atom stereocenters. The number of fused-ring (bicyclic) bond motifs is 1. The average molecular weight is 469 g/mol. The number of aliphatic hydroxyl groups is 1. The van der Waals surface area contributed by atoms with Gasteiger partial charge in [-0.05, 0) is 57.7 Å². The highest BCUT2D eigenvalue weighted by molar-refractivity contribution is 7.99. The Morgan fingerprint density at radius 1 is 1.06 bits per heavy atom. The fourth-order valence-electron chi connectivity index (χ4n) is 4.70. The zero-order chi connectivity index (χ0) is 23.9. The van der Waals surface area contributed by atoms with E-state index in [-0.39, 0.29) is 6.04 Å². The summed E-state index contributed by atoms with van der Waals surface area (Å²) in [5, 5.41) is 38.6. The number of benzene rings is 1. The van der Waals surface area contributed by atoms with Gasteiger partial charge in [0.1, 0.15) is 12.1 Å². The quantitative estimate of drug-likeness (QED) is 0.438. The predicted molar refractivity (Wildman–Crippen MR) is 129 cm³/mol. The van der Waals surface area contributed by atoms with Gasteiger partial charge in [0.05, 0.1) is 40.7 Å². The van der Waals surface area contributed by atoms with Crippen LogP contribution in [-0.2, 0) is 0 Å². The highest BCUT2D eigenvalue weighted by Crippen LogP contribution is 2.39. The summed E-state index contributed by atoms with van der Waals surface area (Å²) in [6.07, 6.45) is 8.70. The van der Waals surface area contributed by atoms with E-state index >= 15 is 0 Å². The Bertz CT molecular complexity index is 1460. The molecule has 0 spiro atoms. The Labute approximate surface area is 202 Å². The van der Waals surface area contributed by atoms with E-state index in [0.29, 0.717) is 11.1 Å². The van der Waals surface area contributed by atoms with Gasteiger partial charge in [0.15, 0.2) is 0 Å². The molecule has 1 fully saturated rings. The van der Waals surface area contributed by atoms with Crippen LogP contribution in [0.2, 0.25) is 0 Å². The lowest BCUT2D eigenvalue weighted by atomic mass is 9.83. The molecule has 7 nitrogen and oxygen atoms in total. The molecule has 34 heavy (non-hydrogen) atoms. The van der Waals surface area contributed by atoms with Gasteiger partial charge in [-0.25, -0.2) is 4.52 Å². The maximum Gasteiger partial charge on any atom is 0.103 e. The largest absolute Gasteiger partial charge is 0.390 e. The first-order valence-corrected chi connectivity index (χ1v) is 12.1. The molecule has 4 aromatic rings. The zero-order valence-electron chi connectivity index (χ0n) is 19.1. The summed E-state index contributed by atoms with van der Waals surface area (Å²) in [6.45, 7) is 3.98. The van der Waals surface area contributed by atoms with Crippen molar-refractivity contribution in [3.05, 3.63) is 65.7 Å². The average Bonchev–Trinajstić information content (AvgIpc) is 3.43. The van der Waals surface area contributed by atoms with E-state index in [1.165, 1.54) is 11.8 Å². The minimum atomic E-state index is -0.587. The van der Waals surface area contributed by atoms with Crippen LogP contribution in [0, 0.1) is 29.6 Å². The van der Waals surface area contributed by atoms with Crippen LogP contribution in [-0.4, -0.2) is 30.1 Å². The molecule has 1 aromatic carbocycles. The summed E-state index contributed by atoms with van der Waals surface area (Å²) < 4.78 is 3.82. The Balaban J connectivity index is 1.58. The highest BCUT2D eigenvalue weighted by atomic mass is 32.2. The van der Waals surface area contributed by atoms with Crippen molar-refractivity contribution < 1.29 is 5.11 Å². The minimum absolute atomic E-state index is 0.268. The van der Waals surface area contributed by atoms with Gasteiger partial charge in [0.25, 0.3) is 0 Å². The molecule has 1 saturated carbocycles. The van der Waals surface area contributed by atoms with Gasteiger partial charge in [0.2, 0.25) is 0 Å². The molecule has 0 radical (unpaired) electrons. The highest BCUT2D eigenvalue weighted by Gasteiger charge is 2.30. The van der Waals surface area contributed by atoms with E-state index in [4.69, 9.17) is 5.10 Å². The standard InChI is InChI=1S/C26H24N6OS/c1-17-22(15-30-32(17)21-7-9-26(2,33)10-8-21)19-11-24(25-20(13-28)14-29-31(25)16-19)34-23-6-4-3-5-18(23)12-27/h3-6,11,14-16,21,33H,7-10H2,1-2H3. The van der Waals surface area contributed by atoms with E-state index in [2.05, 4.69) is 34.9 Å². The monoisotopic (exact) mass is 468 g/mol. The number of hydrogen-bond donors (Lipinski definition) is 1. The lowest BCUT2D eigenvalue weighted by Gasteiger charge is -2.33. The normalized spacial score (nSPS) is 20.2.